The fourth-order valence-corrected chi connectivity index (χ4v) is 3.13. The van der Waals surface area contributed by atoms with Crippen LogP contribution in [-0.4, -0.2) is 35.2 Å². The van der Waals surface area contributed by atoms with E-state index in [1.807, 2.05) is 18.2 Å². The first kappa shape index (κ1) is 17.8. The Labute approximate surface area is 148 Å². The number of aliphatic carboxylic acids is 1. The number of hydrogen-bond donors (Lipinski definition) is 1. The van der Waals surface area contributed by atoms with Crippen molar-refractivity contribution < 1.29 is 28.2 Å². The van der Waals surface area contributed by atoms with Crippen LogP contribution < -0.4 is 0 Å². The molecule has 5 nitrogen and oxygen atoms in total. The number of halogens is 2. The number of carbonyl (C=O) groups excluding carboxylic acids is 1. The van der Waals surface area contributed by atoms with Crippen LogP contribution in [0.3, 0.4) is 0 Å². The van der Waals surface area contributed by atoms with Gasteiger partial charge in [0.2, 0.25) is 0 Å². The molecule has 0 radical (unpaired) electrons. The molecule has 1 heterocycles. The van der Waals surface area contributed by atoms with E-state index in [1.54, 1.807) is 12.1 Å². The maximum atomic E-state index is 14.1. The van der Waals surface area contributed by atoms with E-state index >= 15 is 0 Å². The summed E-state index contributed by atoms with van der Waals surface area (Å²) in [5, 5.41) is 9.42. The van der Waals surface area contributed by atoms with Gasteiger partial charge in [0.05, 0.1) is 5.92 Å². The third-order valence-corrected chi connectivity index (χ3v) is 4.46. The third-order valence-electron chi connectivity index (χ3n) is 4.46. The molecule has 2 aromatic carbocycles. The molecule has 0 aliphatic carbocycles. The molecule has 0 spiro atoms. The number of amides is 1. The highest BCUT2D eigenvalue weighted by Gasteiger charge is 2.42. The van der Waals surface area contributed by atoms with Crippen molar-refractivity contribution in [3.8, 4) is 0 Å². The van der Waals surface area contributed by atoms with Gasteiger partial charge in [-0.05, 0) is 17.2 Å². The lowest BCUT2D eigenvalue weighted by Gasteiger charge is -2.17. The predicted octanol–water partition coefficient (Wildman–Crippen LogP) is 3.40. The monoisotopic (exact) mass is 361 g/mol. The Kier molecular flexibility index (Phi) is 5.16. The third kappa shape index (κ3) is 3.82. The van der Waals surface area contributed by atoms with Crippen molar-refractivity contribution in [1.82, 2.24) is 4.90 Å². The van der Waals surface area contributed by atoms with Crippen molar-refractivity contribution in [2.45, 2.75) is 12.5 Å². The lowest BCUT2D eigenvalue weighted by atomic mass is 9.88. The summed E-state index contributed by atoms with van der Waals surface area (Å²) in [4.78, 5) is 25.0. The molecule has 1 amide bonds. The van der Waals surface area contributed by atoms with Gasteiger partial charge in [-0.25, -0.2) is 13.6 Å². The number of carboxylic acids is 1. The first-order chi connectivity index (χ1) is 12.5. The molecular weight excluding hydrogens is 344 g/mol. The minimum absolute atomic E-state index is 0.00680. The number of carboxylic acid groups (broad SMARTS) is 1. The first-order valence-electron chi connectivity index (χ1n) is 8.09. The molecule has 1 saturated heterocycles. The highest BCUT2D eigenvalue weighted by molar-refractivity contribution is 5.75. The van der Waals surface area contributed by atoms with Crippen LogP contribution in [0.4, 0.5) is 13.6 Å². The molecule has 0 saturated carbocycles. The molecule has 1 N–H and O–H groups in total. The number of ether oxygens (including phenoxy) is 1. The lowest BCUT2D eigenvalue weighted by Crippen LogP contribution is -2.30. The molecule has 1 fully saturated rings. The van der Waals surface area contributed by atoms with Gasteiger partial charge in [0, 0.05) is 25.1 Å². The topological polar surface area (TPSA) is 66.8 Å². The van der Waals surface area contributed by atoms with Crippen molar-refractivity contribution in [1.29, 1.82) is 0 Å². The number of rotatable bonds is 4. The Morgan fingerprint density at radius 1 is 1.12 bits per heavy atom. The Morgan fingerprint density at radius 2 is 1.85 bits per heavy atom. The summed E-state index contributed by atoms with van der Waals surface area (Å²) in [7, 11) is 0. The van der Waals surface area contributed by atoms with Crippen LogP contribution in [0.5, 0.6) is 0 Å². The molecule has 1 aliphatic heterocycles. The average Bonchev–Trinajstić information content (AvgIpc) is 3.06. The van der Waals surface area contributed by atoms with Gasteiger partial charge in [0.25, 0.3) is 0 Å². The highest BCUT2D eigenvalue weighted by atomic mass is 19.1. The predicted molar refractivity (Wildman–Crippen MR) is 88.4 cm³/mol. The molecule has 26 heavy (non-hydrogen) atoms. The van der Waals surface area contributed by atoms with Gasteiger partial charge in [0.15, 0.2) is 0 Å². The quantitative estimate of drug-likeness (QED) is 0.906. The van der Waals surface area contributed by atoms with Crippen LogP contribution in [0.1, 0.15) is 17.0 Å². The normalized spacial score (nSPS) is 19.4. The van der Waals surface area contributed by atoms with Crippen molar-refractivity contribution >= 4 is 12.1 Å². The van der Waals surface area contributed by atoms with Gasteiger partial charge < -0.3 is 14.7 Å². The summed E-state index contributed by atoms with van der Waals surface area (Å²) < 4.78 is 32.4. The fraction of sp³-hybridized carbons (Fsp3) is 0.263. The Balaban J connectivity index is 1.72. The van der Waals surface area contributed by atoms with E-state index < -0.39 is 35.5 Å². The number of likely N-dealkylation sites (tertiary alicyclic amines) is 1. The molecule has 0 bridgehead atoms. The SMILES string of the molecule is O=C(O)[C@@H]1CN(C(=O)OCc2ccccc2)C[C@H]1c1ccc(F)cc1F. The van der Waals surface area contributed by atoms with E-state index in [2.05, 4.69) is 0 Å². The van der Waals surface area contributed by atoms with Crippen molar-refractivity contribution in [2.24, 2.45) is 5.92 Å². The summed E-state index contributed by atoms with van der Waals surface area (Å²) >= 11 is 0. The Morgan fingerprint density at radius 3 is 2.50 bits per heavy atom. The van der Waals surface area contributed by atoms with E-state index in [0.717, 1.165) is 11.6 Å². The molecule has 3 rings (SSSR count). The van der Waals surface area contributed by atoms with E-state index in [4.69, 9.17) is 4.74 Å². The first-order valence-corrected chi connectivity index (χ1v) is 8.09. The molecular formula is C19H17F2NO4. The number of benzene rings is 2. The maximum absolute atomic E-state index is 14.1. The van der Waals surface area contributed by atoms with E-state index in [1.165, 1.54) is 11.0 Å². The number of hydrogen-bond acceptors (Lipinski definition) is 3. The van der Waals surface area contributed by atoms with Crippen LogP contribution in [0.2, 0.25) is 0 Å². The molecule has 2 aromatic rings. The molecule has 2 atom stereocenters. The fourth-order valence-electron chi connectivity index (χ4n) is 3.13. The zero-order valence-electron chi connectivity index (χ0n) is 13.8. The lowest BCUT2D eigenvalue weighted by molar-refractivity contribution is -0.141. The van der Waals surface area contributed by atoms with E-state index in [9.17, 15) is 23.5 Å². The van der Waals surface area contributed by atoms with Gasteiger partial charge in [-0.15, -0.1) is 0 Å². The second-order valence-corrected chi connectivity index (χ2v) is 6.16. The van der Waals surface area contributed by atoms with Gasteiger partial charge in [-0.3, -0.25) is 4.79 Å². The Hall–Kier alpha value is -2.96. The standard InChI is InChI=1S/C19H17F2NO4/c20-13-6-7-14(17(21)8-13)15-9-22(10-16(15)18(23)24)19(25)26-11-12-4-2-1-3-5-12/h1-8,15-16H,9-11H2,(H,23,24)/t15-,16+/m0/s1. The smallest absolute Gasteiger partial charge is 0.410 e. The van der Waals surface area contributed by atoms with Crippen LogP contribution >= 0.6 is 0 Å². The van der Waals surface area contributed by atoms with Crippen LogP contribution in [0, 0.1) is 17.6 Å². The summed E-state index contributed by atoms with van der Waals surface area (Å²) in [6.45, 7) is -0.0406. The van der Waals surface area contributed by atoms with Crippen molar-refractivity contribution in [3.63, 3.8) is 0 Å². The van der Waals surface area contributed by atoms with Gasteiger partial charge in [-0.2, -0.15) is 0 Å². The van der Waals surface area contributed by atoms with Crippen molar-refractivity contribution in [3.05, 3.63) is 71.3 Å². The summed E-state index contributed by atoms with van der Waals surface area (Å²) in [6.07, 6.45) is -0.662. The second kappa shape index (κ2) is 7.51. The van der Waals surface area contributed by atoms with E-state index in [0.29, 0.717) is 6.07 Å². The van der Waals surface area contributed by atoms with Crippen molar-refractivity contribution in [2.75, 3.05) is 13.1 Å². The minimum atomic E-state index is -1.14. The molecule has 1 aliphatic rings. The Bertz CT molecular complexity index is 812. The van der Waals surface area contributed by atoms with Crippen LogP contribution in [0.25, 0.3) is 0 Å². The number of nitrogens with zero attached hydrogens (tertiary/aromatic N) is 1. The zero-order valence-corrected chi connectivity index (χ0v) is 13.8. The van der Waals surface area contributed by atoms with Gasteiger partial charge in [-0.1, -0.05) is 36.4 Å². The molecule has 7 heteroatoms. The van der Waals surface area contributed by atoms with Crippen LogP contribution in [0.15, 0.2) is 48.5 Å². The molecule has 136 valence electrons. The second-order valence-electron chi connectivity index (χ2n) is 6.16. The average molecular weight is 361 g/mol. The van der Waals surface area contributed by atoms with Gasteiger partial charge >= 0.3 is 12.1 Å². The summed E-state index contributed by atoms with van der Waals surface area (Å²) in [5.41, 5.74) is 0.883. The zero-order chi connectivity index (χ0) is 18.7. The van der Waals surface area contributed by atoms with E-state index in [-0.39, 0.29) is 25.3 Å². The summed E-state index contributed by atoms with van der Waals surface area (Å²) in [6, 6.07) is 12.1. The maximum Gasteiger partial charge on any atom is 0.410 e. The van der Waals surface area contributed by atoms with Gasteiger partial charge in [0.1, 0.15) is 18.2 Å². The highest BCUT2D eigenvalue weighted by Crippen LogP contribution is 2.35. The number of carbonyl (C=O) groups is 2. The van der Waals surface area contributed by atoms with Crippen LogP contribution in [-0.2, 0) is 16.1 Å². The molecule has 0 unspecified atom stereocenters. The largest absolute Gasteiger partial charge is 0.481 e. The molecule has 0 aromatic heterocycles. The summed E-state index contributed by atoms with van der Waals surface area (Å²) in [5.74, 6) is -4.45. The minimum Gasteiger partial charge on any atom is -0.481 e.